The van der Waals surface area contributed by atoms with Crippen molar-refractivity contribution in [2.75, 3.05) is 6.61 Å². The van der Waals surface area contributed by atoms with E-state index >= 15 is 0 Å². The third-order valence-electron chi connectivity index (χ3n) is 6.27. The van der Waals surface area contributed by atoms with Gasteiger partial charge in [-0.3, -0.25) is 4.79 Å². The van der Waals surface area contributed by atoms with E-state index in [1.54, 1.807) is 0 Å². The van der Waals surface area contributed by atoms with Crippen LogP contribution >= 0.6 is 0 Å². The predicted octanol–water partition coefficient (Wildman–Crippen LogP) is 2.89. The Hall–Kier alpha value is -0.570. The summed E-state index contributed by atoms with van der Waals surface area (Å²) in [7, 11) is 0. The summed E-state index contributed by atoms with van der Waals surface area (Å²) in [6.45, 7) is 0.891. The van der Waals surface area contributed by atoms with Crippen LogP contribution < -0.4 is 5.32 Å². The third kappa shape index (κ3) is 2.49. The zero-order valence-electron chi connectivity index (χ0n) is 12.4. The van der Waals surface area contributed by atoms with Gasteiger partial charge in [0.1, 0.15) is 0 Å². The van der Waals surface area contributed by atoms with Crippen LogP contribution in [0.2, 0.25) is 0 Å². The Bertz CT molecular complexity index is 347. The monoisotopic (exact) mass is 277 g/mol. The first-order valence-corrected chi connectivity index (χ1v) is 8.69. The Labute approximate surface area is 121 Å². The molecule has 1 amide bonds. The SMILES string of the molecule is O=C(CC[C@H]1CCCO1)NC1C2CC3CC(C2)CC1C3. The molecule has 1 saturated heterocycles. The number of rotatable bonds is 4. The van der Waals surface area contributed by atoms with Crippen molar-refractivity contribution < 1.29 is 9.53 Å². The largest absolute Gasteiger partial charge is 0.378 e. The maximum absolute atomic E-state index is 12.2. The minimum absolute atomic E-state index is 0.276. The topological polar surface area (TPSA) is 38.3 Å². The quantitative estimate of drug-likeness (QED) is 0.858. The average Bonchev–Trinajstić information content (AvgIpc) is 2.93. The number of carbonyl (C=O) groups is 1. The van der Waals surface area contributed by atoms with Crippen molar-refractivity contribution in [3.05, 3.63) is 0 Å². The summed E-state index contributed by atoms with van der Waals surface area (Å²) < 4.78 is 5.61. The molecule has 5 fully saturated rings. The van der Waals surface area contributed by atoms with Gasteiger partial charge in [0.25, 0.3) is 0 Å². The fraction of sp³-hybridized carbons (Fsp3) is 0.941. The molecule has 1 aliphatic heterocycles. The molecule has 4 saturated carbocycles. The summed E-state index contributed by atoms with van der Waals surface area (Å²) in [6.07, 6.45) is 11.2. The standard InChI is InChI=1S/C17H27NO2/c19-16(4-3-15-2-1-5-20-15)18-17-13-7-11-6-12(9-13)10-14(17)8-11/h11-15,17H,1-10H2,(H,18,19)/t11?,12?,13?,14?,15-,17?/m1/s1. The first-order valence-electron chi connectivity index (χ1n) is 8.69. The maximum Gasteiger partial charge on any atom is 0.220 e. The number of carbonyl (C=O) groups excluding carboxylic acids is 1. The molecule has 4 bridgehead atoms. The van der Waals surface area contributed by atoms with Crippen LogP contribution in [0.5, 0.6) is 0 Å². The second kappa shape index (κ2) is 5.32. The van der Waals surface area contributed by atoms with Crippen molar-refractivity contribution >= 4 is 5.91 Å². The second-order valence-corrected chi connectivity index (χ2v) is 7.70. The molecule has 0 spiro atoms. The molecule has 1 N–H and O–H groups in total. The summed E-state index contributed by atoms with van der Waals surface area (Å²) in [4.78, 5) is 12.2. The molecule has 5 rings (SSSR count). The average molecular weight is 277 g/mol. The van der Waals surface area contributed by atoms with Gasteiger partial charge in [-0.05, 0) is 75.0 Å². The third-order valence-corrected chi connectivity index (χ3v) is 6.27. The molecule has 0 radical (unpaired) electrons. The van der Waals surface area contributed by atoms with E-state index in [2.05, 4.69) is 5.32 Å². The first kappa shape index (κ1) is 13.1. The van der Waals surface area contributed by atoms with Crippen molar-refractivity contribution in [1.82, 2.24) is 5.32 Å². The Morgan fingerprint density at radius 3 is 2.35 bits per heavy atom. The van der Waals surface area contributed by atoms with Crippen LogP contribution in [0, 0.1) is 23.7 Å². The van der Waals surface area contributed by atoms with Crippen molar-refractivity contribution in [3.8, 4) is 0 Å². The number of hydrogen-bond acceptors (Lipinski definition) is 2. The molecule has 4 aliphatic carbocycles. The minimum atomic E-state index is 0.276. The maximum atomic E-state index is 12.2. The zero-order chi connectivity index (χ0) is 13.5. The smallest absolute Gasteiger partial charge is 0.220 e. The number of ether oxygens (including phenoxy) is 1. The number of amides is 1. The van der Waals surface area contributed by atoms with Gasteiger partial charge < -0.3 is 10.1 Å². The summed E-state index contributed by atoms with van der Waals surface area (Å²) in [5, 5.41) is 3.39. The molecular formula is C17H27NO2. The molecular weight excluding hydrogens is 250 g/mol. The Balaban J connectivity index is 1.29. The van der Waals surface area contributed by atoms with E-state index in [1.807, 2.05) is 0 Å². The molecule has 112 valence electrons. The van der Waals surface area contributed by atoms with E-state index in [0.717, 1.165) is 43.1 Å². The lowest BCUT2D eigenvalue weighted by atomic mass is 9.54. The highest BCUT2D eigenvalue weighted by Crippen LogP contribution is 2.53. The Morgan fingerprint density at radius 1 is 1.05 bits per heavy atom. The van der Waals surface area contributed by atoms with Gasteiger partial charge in [-0.25, -0.2) is 0 Å². The molecule has 0 aromatic carbocycles. The van der Waals surface area contributed by atoms with E-state index in [-0.39, 0.29) is 5.91 Å². The van der Waals surface area contributed by atoms with Crippen LogP contribution in [-0.2, 0) is 9.53 Å². The summed E-state index contributed by atoms with van der Waals surface area (Å²) in [5.74, 6) is 3.82. The van der Waals surface area contributed by atoms with Crippen molar-refractivity contribution in [1.29, 1.82) is 0 Å². The van der Waals surface area contributed by atoms with Gasteiger partial charge in [0.15, 0.2) is 0 Å². The van der Waals surface area contributed by atoms with E-state index in [0.29, 0.717) is 18.6 Å². The molecule has 20 heavy (non-hydrogen) atoms. The zero-order valence-corrected chi connectivity index (χ0v) is 12.4. The first-order chi connectivity index (χ1) is 9.78. The summed E-state index contributed by atoms with van der Waals surface area (Å²) >= 11 is 0. The fourth-order valence-electron chi connectivity index (χ4n) is 5.58. The molecule has 0 aromatic rings. The van der Waals surface area contributed by atoms with Crippen LogP contribution in [0.4, 0.5) is 0 Å². The van der Waals surface area contributed by atoms with E-state index in [9.17, 15) is 4.79 Å². The molecule has 1 atom stereocenters. The van der Waals surface area contributed by atoms with Gasteiger partial charge in [0.05, 0.1) is 6.10 Å². The van der Waals surface area contributed by atoms with Crippen LogP contribution in [0.3, 0.4) is 0 Å². The van der Waals surface area contributed by atoms with Crippen molar-refractivity contribution in [2.45, 2.75) is 69.9 Å². The van der Waals surface area contributed by atoms with Gasteiger partial charge in [-0.15, -0.1) is 0 Å². The van der Waals surface area contributed by atoms with Crippen molar-refractivity contribution in [2.24, 2.45) is 23.7 Å². The van der Waals surface area contributed by atoms with Crippen molar-refractivity contribution in [3.63, 3.8) is 0 Å². The molecule has 0 unspecified atom stereocenters. The molecule has 1 heterocycles. The minimum Gasteiger partial charge on any atom is -0.378 e. The normalized spacial score (nSPS) is 45.8. The van der Waals surface area contributed by atoms with Gasteiger partial charge in [-0.1, -0.05) is 0 Å². The lowest BCUT2D eigenvalue weighted by molar-refractivity contribution is -0.125. The number of nitrogens with one attached hydrogen (secondary N) is 1. The van der Waals surface area contributed by atoms with E-state index in [4.69, 9.17) is 4.74 Å². The highest BCUT2D eigenvalue weighted by Gasteiger charge is 2.48. The Kier molecular flexibility index (Phi) is 3.49. The molecule has 3 heteroatoms. The molecule has 5 aliphatic rings. The van der Waals surface area contributed by atoms with Gasteiger partial charge in [0, 0.05) is 19.1 Å². The molecule has 3 nitrogen and oxygen atoms in total. The Morgan fingerprint density at radius 2 is 1.75 bits per heavy atom. The summed E-state index contributed by atoms with van der Waals surface area (Å²) in [6, 6.07) is 0.500. The lowest BCUT2D eigenvalue weighted by Crippen LogP contribution is -2.55. The second-order valence-electron chi connectivity index (χ2n) is 7.70. The van der Waals surface area contributed by atoms with Crippen LogP contribution in [0.15, 0.2) is 0 Å². The van der Waals surface area contributed by atoms with Crippen LogP contribution in [-0.4, -0.2) is 24.7 Å². The van der Waals surface area contributed by atoms with Gasteiger partial charge >= 0.3 is 0 Å². The summed E-state index contributed by atoms with van der Waals surface area (Å²) in [5.41, 5.74) is 0. The fourth-order valence-corrected chi connectivity index (χ4v) is 5.58. The number of hydrogen-bond donors (Lipinski definition) is 1. The lowest BCUT2D eigenvalue weighted by Gasteiger charge is -2.54. The van der Waals surface area contributed by atoms with Gasteiger partial charge in [0.2, 0.25) is 5.91 Å². The van der Waals surface area contributed by atoms with E-state index < -0.39 is 0 Å². The highest BCUT2D eigenvalue weighted by molar-refractivity contribution is 5.76. The van der Waals surface area contributed by atoms with Gasteiger partial charge in [-0.2, -0.15) is 0 Å². The van der Waals surface area contributed by atoms with Crippen LogP contribution in [0.25, 0.3) is 0 Å². The van der Waals surface area contributed by atoms with Crippen LogP contribution in [0.1, 0.15) is 57.8 Å². The molecule has 0 aromatic heterocycles. The highest BCUT2D eigenvalue weighted by atomic mass is 16.5. The van der Waals surface area contributed by atoms with E-state index in [1.165, 1.54) is 38.5 Å². The predicted molar refractivity (Wildman–Crippen MR) is 77.2 cm³/mol.